The van der Waals surface area contributed by atoms with Gasteiger partial charge in [-0.1, -0.05) is 11.3 Å². The van der Waals surface area contributed by atoms with E-state index in [1.807, 2.05) is 17.9 Å². The summed E-state index contributed by atoms with van der Waals surface area (Å²) in [6, 6.07) is 6.35. The number of thiophene rings is 1. The second-order valence-corrected chi connectivity index (χ2v) is 8.95. The molecule has 2 aliphatic rings. The Morgan fingerprint density at radius 3 is 2.86 bits per heavy atom. The van der Waals surface area contributed by atoms with E-state index in [1.165, 1.54) is 0 Å². The molecule has 5 rings (SSSR count). The van der Waals surface area contributed by atoms with Gasteiger partial charge in [0, 0.05) is 49.4 Å². The van der Waals surface area contributed by atoms with Gasteiger partial charge in [0.25, 0.3) is 0 Å². The Bertz CT molecular complexity index is 958. The Balaban J connectivity index is 1.31. The molecular weight excluding hydrogens is 384 g/mol. The maximum Gasteiger partial charge on any atom is 0.127 e. The predicted molar refractivity (Wildman–Crippen MR) is 113 cm³/mol. The van der Waals surface area contributed by atoms with Gasteiger partial charge in [-0.2, -0.15) is 11.3 Å². The molecule has 1 aliphatic carbocycles. The van der Waals surface area contributed by atoms with Gasteiger partial charge < -0.3 is 10.5 Å². The fraction of sp³-hybridized carbons (Fsp3) is 0.476. The van der Waals surface area contributed by atoms with E-state index in [2.05, 4.69) is 49.3 Å². The third-order valence-electron chi connectivity index (χ3n) is 6.45. The van der Waals surface area contributed by atoms with Crippen molar-refractivity contribution in [3.63, 3.8) is 0 Å². The number of pyridine rings is 1. The maximum absolute atomic E-state index is 6.05. The van der Waals surface area contributed by atoms with Crippen molar-refractivity contribution in [1.82, 2.24) is 24.9 Å². The van der Waals surface area contributed by atoms with Gasteiger partial charge in [0.1, 0.15) is 11.5 Å². The van der Waals surface area contributed by atoms with E-state index < -0.39 is 0 Å². The quantitative estimate of drug-likeness (QED) is 0.696. The van der Waals surface area contributed by atoms with Crippen LogP contribution in [0.25, 0.3) is 11.3 Å². The number of hydrogen-bond acceptors (Lipinski definition) is 7. The fourth-order valence-corrected chi connectivity index (χ4v) is 5.60. The van der Waals surface area contributed by atoms with E-state index in [4.69, 9.17) is 10.5 Å². The van der Waals surface area contributed by atoms with Crippen molar-refractivity contribution in [2.24, 2.45) is 11.8 Å². The summed E-state index contributed by atoms with van der Waals surface area (Å²) in [5, 5.41) is 13.0. The van der Waals surface area contributed by atoms with Crippen LogP contribution in [0.15, 0.2) is 41.4 Å². The first kappa shape index (κ1) is 18.7. The summed E-state index contributed by atoms with van der Waals surface area (Å²) in [6.45, 7) is 3.03. The Kier molecular flexibility index (Phi) is 5.07. The monoisotopic (exact) mass is 410 g/mol. The molecule has 3 aromatic rings. The molecule has 1 aliphatic heterocycles. The topological polar surface area (TPSA) is 82.1 Å². The van der Waals surface area contributed by atoms with Crippen molar-refractivity contribution < 1.29 is 4.74 Å². The zero-order valence-electron chi connectivity index (χ0n) is 16.5. The van der Waals surface area contributed by atoms with Gasteiger partial charge >= 0.3 is 0 Å². The molecule has 2 fully saturated rings. The Morgan fingerprint density at radius 1 is 1.24 bits per heavy atom. The van der Waals surface area contributed by atoms with Crippen molar-refractivity contribution in [1.29, 1.82) is 0 Å². The first-order valence-corrected chi connectivity index (χ1v) is 11.0. The molecule has 0 spiro atoms. The Hall–Kier alpha value is -2.29. The molecule has 4 atom stereocenters. The number of likely N-dealkylation sites (tertiary alicyclic amines) is 1. The predicted octanol–water partition coefficient (Wildman–Crippen LogP) is 3.08. The minimum atomic E-state index is 0.164. The first-order valence-electron chi connectivity index (χ1n) is 10.1. The molecule has 2 N–H and O–H groups in total. The van der Waals surface area contributed by atoms with Gasteiger partial charge in [0.05, 0.1) is 18.3 Å². The molecule has 0 bridgehead atoms. The summed E-state index contributed by atoms with van der Waals surface area (Å²) in [5.74, 6) is 1.92. The molecule has 0 aromatic carbocycles. The summed E-state index contributed by atoms with van der Waals surface area (Å²) < 4.78 is 7.93. The lowest BCUT2D eigenvalue weighted by Gasteiger charge is -2.37. The van der Waals surface area contributed by atoms with Crippen molar-refractivity contribution in [2.45, 2.75) is 31.5 Å². The smallest absolute Gasteiger partial charge is 0.127 e. The number of nitrogens with two attached hydrogens (primary N) is 1. The van der Waals surface area contributed by atoms with Crippen LogP contribution in [-0.2, 0) is 11.3 Å². The summed E-state index contributed by atoms with van der Waals surface area (Å²) in [4.78, 5) is 6.74. The normalized spacial score (nSPS) is 27.2. The van der Waals surface area contributed by atoms with Crippen LogP contribution < -0.4 is 5.73 Å². The molecule has 1 saturated heterocycles. The van der Waals surface area contributed by atoms with Crippen LogP contribution in [0.1, 0.15) is 24.4 Å². The van der Waals surface area contributed by atoms with Crippen LogP contribution in [0.5, 0.6) is 0 Å². The molecule has 0 amide bonds. The molecule has 4 heterocycles. The maximum atomic E-state index is 6.05. The van der Waals surface area contributed by atoms with Crippen LogP contribution in [0.2, 0.25) is 0 Å². The van der Waals surface area contributed by atoms with E-state index in [9.17, 15) is 0 Å². The van der Waals surface area contributed by atoms with Crippen molar-refractivity contribution in [2.75, 3.05) is 25.9 Å². The lowest BCUT2D eigenvalue weighted by atomic mass is 9.77. The van der Waals surface area contributed by atoms with Crippen LogP contribution in [0, 0.1) is 11.8 Å². The van der Waals surface area contributed by atoms with Crippen molar-refractivity contribution >= 4 is 17.2 Å². The highest BCUT2D eigenvalue weighted by atomic mass is 32.1. The molecule has 152 valence electrons. The van der Waals surface area contributed by atoms with Crippen LogP contribution in [0.3, 0.4) is 0 Å². The van der Waals surface area contributed by atoms with Gasteiger partial charge in [-0.3, -0.25) is 4.90 Å². The highest BCUT2D eigenvalue weighted by molar-refractivity contribution is 7.08. The number of methoxy groups -OCH3 is 1. The Labute approximate surface area is 174 Å². The van der Waals surface area contributed by atoms with E-state index in [0.29, 0.717) is 17.7 Å². The largest absolute Gasteiger partial charge is 0.383 e. The van der Waals surface area contributed by atoms with Crippen LogP contribution in [0.4, 0.5) is 5.82 Å². The zero-order chi connectivity index (χ0) is 19.8. The van der Waals surface area contributed by atoms with Crippen LogP contribution >= 0.6 is 11.3 Å². The molecule has 29 heavy (non-hydrogen) atoms. The lowest BCUT2D eigenvalue weighted by Crippen LogP contribution is -2.37. The van der Waals surface area contributed by atoms with Gasteiger partial charge in [-0.05, 0) is 42.2 Å². The third kappa shape index (κ3) is 3.68. The highest BCUT2D eigenvalue weighted by Gasteiger charge is 2.43. The second kappa shape index (κ2) is 7.85. The lowest BCUT2D eigenvalue weighted by molar-refractivity contribution is -0.00545. The van der Waals surface area contributed by atoms with E-state index >= 15 is 0 Å². The molecule has 1 saturated carbocycles. The SMILES string of the molecule is CO[C@@H]1C[C@H]2CN(Cc3cccnc3N)C[C@H]2C[C@H]1n1cc(-c2ccsc2)nn1. The third-order valence-corrected chi connectivity index (χ3v) is 7.13. The molecule has 3 aromatic heterocycles. The van der Waals surface area contributed by atoms with Crippen molar-refractivity contribution in [3.8, 4) is 11.3 Å². The van der Waals surface area contributed by atoms with Gasteiger partial charge in [-0.15, -0.1) is 5.10 Å². The summed E-state index contributed by atoms with van der Waals surface area (Å²) >= 11 is 1.68. The summed E-state index contributed by atoms with van der Waals surface area (Å²) in [7, 11) is 1.82. The first-order chi connectivity index (χ1) is 14.2. The Morgan fingerprint density at radius 2 is 2.10 bits per heavy atom. The average molecular weight is 411 g/mol. The van der Waals surface area contributed by atoms with Gasteiger partial charge in [-0.25, -0.2) is 9.67 Å². The minimum absolute atomic E-state index is 0.164. The number of nitrogen functional groups attached to an aromatic ring is 1. The molecule has 7 nitrogen and oxygen atoms in total. The number of hydrogen-bond donors (Lipinski definition) is 1. The number of ether oxygens (including phenoxy) is 1. The second-order valence-electron chi connectivity index (χ2n) is 8.17. The van der Waals surface area contributed by atoms with Crippen LogP contribution in [-0.4, -0.2) is 51.2 Å². The number of rotatable bonds is 5. The number of nitrogens with zero attached hydrogens (tertiary/aromatic N) is 5. The summed E-state index contributed by atoms with van der Waals surface area (Å²) in [5.41, 5.74) is 9.23. The number of fused-ring (bicyclic) bond motifs is 1. The molecule has 8 heteroatoms. The number of aromatic nitrogens is 4. The zero-order valence-corrected chi connectivity index (χ0v) is 17.3. The summed E-state index contributed by atoms with van der Waals surface area (Å²) in [6.07, 6.45) is 6.10. The fourth-order valence-electron chi connectivity index (χ4n) is 4.95. The van der Waals surface area contributed by atoms with Gasteiger partial charge in [0.2, 0.25) is 0 Å². The minimum Gasteiger partial charge on any atom is -0.383 e. The van der Waals surface area contributed by atoms with Gasteiger partial charge in [0.15, 0.2) is 0 Å². The number of anilines is 1. The highest BCUT2D eigenvalue weighted by Crippen LogP contribution is 2.42. The van der Waals surface area contributed by atoms with E-state index in [-0.39, 0.29) is 12.1 Å². The molecule has 0 radical (unpaired) electrons. The molecule has 0 unspecified atom stereocenters. The molecular formula is C21H26N6OS. The van der Waals surface area contributed by atoms with E-state index in [0.717, 1.165) is 49.3 Å². The standard InChI is InChI=1S/C21H26N6OS/c1-28-20-8-17-11-26(9-14-3-2-5-23-21(14)22)10-16(17)7-19(20)27-12-18(24-25-27)15-4-6-29-13-15/h2-6,12-13,16-17,19-20H,7-11H2,1H3,(H2,22,23)/t16-,17+,19-,20-/m1/s1. The average Bonchev–Trinajstić information content (AvgIpc) is 3.48. The van der Waals surface area contributed by atoms with E-state index in [1.54, 1.807) is 17.5 Å². The van der Waals surface area contributed by atoms with Crippen molar-refractivity contribution in [3.05, 3.63) is 46.9 Å².